The van der Waals surface area contributed by atoms with Crippen LogP contribution in [0, 0.1) is 0 Å². The second-order valence-electron chi connectivity index (χ2n) is 6.89. The lowest BCUT2D eigenvalue weighted by atomic mass is 9.94. The monoisotopic (exact) mass is 305 g/mol. The number of para-hydroxylation sites is 1. The average Bonchev–Trinajstić information content (AvgIpc) is 2.54. The number of aliphatic hydroxyl groups is 1. The lowest BCUT2D eigenvalue weighted by Crippen LogP contribution is -2.40. The second-order valence-corrected chi connectivity index (χ2v) is 6.89. The van der Waals surface area contributed by atoms with Crippen molar-refractivity contribution in [2.45, 2.75) is 64.0 Å². The largest absolute Gasteiger partial charge is 0.491 e. The number of hydrogen-bond donors (Lipinski definition) is 1. The molecule has 1 saturated carbocycles. The molecule has 1 fully saturated rings. The highest BCUT2D eigenvalue weighted by Gasteiger charge is 2.20. The van der Waals surface area contributed by atoms with Crippen LogP contribution in [-0.2, 0) is 0 Å². The predicted molar refractivity (Wildman–Crippen MR) is 91.5 cm³/mol. The molecule has 1 unspecified atom stereocenters. The van der Waals surface area contributed by atoms with Crippen molar-refractivity contribution < 1.29 is 9.84 Å². The van der Waals surface area contributed by atoms with E-state index in [1.165, 1.54) is 37.7 Å². The van der Waals surface area contributed by atoms with Crippen LogP contribution in [0.1, 0.15) is 57.4 Å². The summed E-state index contributed by atoms with van der Waals surface area (Å²) in [5.74, 6) is 1.33. The number of hydrogen-bond acceptors (Lipinski definition) is 3. The molecular weight excluding hydrogens is 274 g/mol. The third-order valence-corrected chi connectivity index (χ3v) is 4.67. The first-order valence-electron chi connectivity index (χ1n) is 8.68. The Morgan fingerprint density at radius 1 is 1.18 bits per heavy atom. The van der Waals surface area contributed by atoms with Gasteiger partial charge >= 0.3 is 0 Å². The quantitative estimate of drug-likeness (QED) is 0.831. The fourth-order valence-electron chi connectivity index (χ4n) is 3.33. The topological polar surface area (TPSA) is 32.7 Å². The zero-order valence-electron chi connectivity index (χ0n) is 14.3. The van der Waals surface area contributed by atoms with Crippen molar-refractivity contribution in [1.29, 1.82) is 0 Å². The Morgan fingerprint density at radius 2 is 1.86 bits per heavy atom. The molecule has 0 bridgehead atoms. The number of likely N-dealkylation sites (N-methyl/N-ethyl adjacent to an activating group) is 1. The molecule has 0 aliphatic heterocycles. The first-order chi connectivity index (χ1) is 10.6. The van der Waals surface area contributed by atoms with E-state index in [-0.39, 0.29) is 0 Å². The molecule has 0 amide bonds. The first kappa shape index (κ1) is 17.3. The summed E-state index contributed by atoms with van der Waals surface area (Å²) in [6.45, 7) is 5.38. The van der Waals surface area contributed by atoms with Gasteiger partial charge in [-0.15, -0.1) is 0 Å². The lowest BCUT2D eigenvalue weighted by molar-refractivity contribution is 0.0558. The maximum atomic E-state index is 10.3. The summed E-state index contributed by atoms with van der Waals surface area (Å²) in [4.78, 5) is 2.31. The molecule has 3 heteroatoms. The third-order valence-electron chi connectivity index (χ3n) is 4.67. The van der Waals surface area contributed by atoms with Crippen molar-refractivity contribution in [3.8, 4) is 5.75 Å². The van der Waals surface area contributed by atoms with Gasteiger partial charge in [-0.1, -0.05) is 51.3 Å². The van der Waals surface area contributed by atoms with E-state index >= 15 is 0 Å². The molecule has 124 valence electrons. The Morgan fingerprint density at radius 3 is 2.55 bits per heavy atom. The molecule has 1 N–H and O–H groups in total. The average molecular weight is 305 g/mol. The van der Waals surface area contributed by atoms with Gasteiger partial charge in [0.25, 0.3) is 0 Å². The van der Waals surface area contributed by atoms with E-state index in [0.29, 0.717) is 25.1 Å². The summed E-state index contributed by atoms with van der Waals surface area (Å²) in [6.07, 6.45) is 6.10. The van der Waals surface area contributed by atoms with Crippen LogP contribution in [0.5, 0.6) is 5.75 Å². The fraction of sp³-hybridized carbons (Fsp3) is 0.684. The molecule has 1 aromatic rings. The summed E-state index contributed by atoms with van der Waals surface area (Å²) >= 11 is 0. The van der Waals surface area contributed by atoms with Crippen LogP contribution >= 0.6 is 0 Å². The minimum Gasteiger partial charge on any atom is -0.491 e. The molecule has 2 rings (SSSR count). The Balaban J connectivity index is 1.81. The van der Waals surface area contributed by atoms with Gasteiger partial charge in [-0.25, -0.2) is 0 Å². The molecule has 22 heavy (non-hydrogen) atoms. The highest BCUT2D eigenvalue weighted by Crippen LogP contribution is 2.26. The van der Waals surface area contributed by atoms with Gasteiger partial charge in [-0.05, 0) is 37.4 Å². The van der Waals surface area contributed by atoms with Crippen molar-refractivity contribution in [2.24, 2.45) is 0 Å². The first-order valence-corrected chi connectivity index (χ1v) is 8.68. The molecular formula is C19H31NO2. The number of rotatable bonds is 7. The zero-order valence-corrected chi connectivity index (χ0v) is 14.3. The molecule has 0 heterocycles. The molecule has 3 nitrogen and oxygen atoms in total. The van der Waals surface area contributed by atoms with Crippen LogP contribution in [0.25, 0.3) is 0 Å². The maximum absolute atomic E-state index is 10.3. The van der Waals surface area contributed by atoms with Gasteiger partial charge in [0.05, 0.1) is 0 Å². The minimum atomic E-state index is -0.438. The van der Waals surface area contributed by atoms with Crippen LogP contribution in [-0.4, -0.2) is 42.4 Å². The summed E-state index contributed by atoms with van der Waals surface area (Å²) in [6, 6.07) is 8.75. The van der Waals surface area contributed by atoms with Crippen LogP contribution in [0.15, 0.2) is 24.3 Å². The van der Waals surface area contributed by atoms with Gasteiger partial charge in [0.2, 0.25) is 0 Å². The van der Waals surface area contributed by atoms with E-state index in [0.717, 1.165) is 5.75 Å². The molecule has 0 spiro atoms. The normalized spacial score (nSPS) is 17.9. The van der Waals surface area contributed by atoms with Crippen LogP contribution in [0.4, 0.5) is 0 Å². The molecule has 1 aliphatic rings. The van der Waals surface area contributed by atoms with E-state index in [1.807, 2.05) is 18.2 Å². The van der Waals surface area contributed by atoms with Crippen molar-refractivity contribution in [3.05, 3.63) is 29.8 Å². The molecule has 1 atom stereocenters. The van der Waals surface area contributed by atoms with Crippen LogP contribution < -0.4 is 4.74 Å². The van der Waals surface area contributed by atoms with Gasteiger partial charge in [0.1, 0.15) is 18.5 Å². The van der Waals surface area contributed by atoms with Crippen LogP contribution in [0.3, 0.4) is 0 Å². The molecule has 0 aromatic heterocycles. The highest BCUT2D eigenvalue weighted by atomic mass is 16.5. The van der Waals surface area contributed by atoms with Crippen molar-refractivity contribution in [1.82, 2.24) is 4.90 Å². The van der Waals surface area contributed by atoms with Crippen molar-refractivity contribution in [2.75, 3.05) is 20.2 Å². The van der Waals surface area contributed by atoms with E-state index in [1.54, 1.807) is 0 Å². The Labute approximate surface area is 135 Å². The maximum Gasteiger partial charge on any atom is 0.122 e. The van der Waals surface area contributed by atoms with Crippen molar-refractivity contribution >= 4 is 0 Å². The predicted octanol–water partition coefficient (Wildman–Crippen LogP) is 3.81. The smallest absolute Gasteiger partial charge is 0.122 e. The van der Waals surface area contributed by atoms with E-state index < -0.39 is 6.10 Å². The number of nitrogens with zero attached hydrogens (tertiary/aromatic N) is 1. The number of aliphatic hydroxyl groups excluding tert-OH is 1. The molecule has 1 aromatic carbocycles. The summed E-state index contributed by atoms with van der Waals surface area (Å²) in [7, 11) is 2.13. The van der Waals surface area contributed by atoms with Gasteiger partial charge in [0, 0.05) is 12.6 Å². The number of ether oxygens (including phenoxy) is 1. The van der Waals surface area contributed by atoms with E-state index in [2.05, 4.69) is 31.9 Å². The van der Waals surface area contributed by atoms with Gasteiger partial charge in [-0.2, -0.15) is 0 Å². The number of benzene rings is 1. The SMILES string of the molecule is CC(C)c1ccccc1OCC(O)CN(C)C1CCCCC1. The zero-order chi connectivity index (χ0) is 15.9. The van der Waals surface area contributed by atoms with Crippen LogP contribution in [0.2, 0.25) is 0 Å². The van der Waals surface area contributed by atoms with E-state index in [9.17, 15) is 5.11 Å². The molecule has 0 radical (unpaired) electrons. The van der Waals surface area contributed by atoms with Gasteiger partial charge in [0.15, 0.2) is 0 Å². The standard InChI is InChI=1S/C19H31NO2/c1-15(2)18-11-7-8-12-19(18)22-14-17(21)13-20(3)16-9-5-4-6-10-16/h7-8,11-12,15-17,21H,4-6,9-10,13-14H2,1-3H3. The molecule has 1 aliphatic carbocycles. The molecule has 0 saturated heterocycles. The Hall–Kier alpha value is -1.06. The third kappa shape index (κ3) is 4.99. The van der Waals surface area contributed by atoms with Gasteiger partial charge in [-0.3, -0.25) is 0 Å². The summed E-state index contributed by atoms with van der Waals surface area (Å²) in [5, 5.41) is 10.3. The Kier molecular flexibility index (Phi) is 6.71. The van der Waals surface area contributed by atoms with Gasteiger partial charge < -0.3 is 14.7 Å². The minimum absolute atomic E-state index is 0.362. The highest BCUT2D eigenvalue weighted by molar-refractivity contribution is 5.35. The Bertz CT molecular complexity index is 441. The van der Waals surface area contributed by atoms with Crippen molar-refractivity contribution in [3.63, 3.8) is 0 Å². The summed E-state index contributed by atoms with van der Waals surface area (Å²) in [5.41, 5.74) is 1.20. The fourth-order valence-corrected chi connectivity index (χ4v) is 3.33. The summed E-state index contributed by atoms with van der Waals surface area (Å²) < 4.78 is 5.87. The second kappa shape index (κ2) is 8.54. The van der Waals surface area contributed by atoms with E-state index in [4.69, 9.17) is 4.74 Å². The lowest BCUT2D eigenvalue weighted by Gasteiger charge is -2.32.